The molecule has 106 valence electrons. The number of rotatable bonds is 2. The Morgan fingerprint density at radius 1 is 1.47 bits per heavy atom. The van der Waals surface area contributed by atoms with Crippen molar-refractivity contribution in [2.24, 2.45) is 28.6 Å². The minimum Gasteiger partial charge on any atom is -0.465 e. The van der Waals surface area contributed by atoms with E-state index in [4.69, 9.17) is 4.74 Å². The van der Waals surface area contributed by atoms with Crippen molar-refractivity contribution in [3.05, 3.63) is 11.6 Å². The van der Waals surface area contributed by atoms with Gasteiger partial charge in [-0.1, -0.05) is 25.5 Å². The van der Waals surface area contributed by atoms with E-state index >= 15 is 0 Å². The zero-order valence-corrected chi connectivity index (χ0v) is 12.7. The van der Waals surface area contributed by atoms with Gasteiger partial charge in [-0.15, -0.1) is 0 Å². The van der Waals surface area contributed by atoms with Crippen LogP contribution in [-0.2, 0) is 9.53 Å². The van der Waals surface area contributed by atoms with Gasteiger partial charge in [0.25, 0.3) is 0 Å². The van der Waals surface area contributed by atoms with Crippen LogP contribution < -0.4 is 0 Å². The Hall–Kier alpha value is -0.790. The van der Waals surface area contributed by atoms with Crippen molar-refractivity contribution in [3.8, 4) is 0 Å². The molecule has 0 N–H and O–H groups in total. The van der Waals surface area contributed by atoms with E-state index in [1.54, 1.807) is 0 Å². The van der Waals surface area contributed by atoms with Crippen molar-refractivity contribution in [2.75, 3.05) is 6.61 Å². The van der Waals surface area contributed by atoms with Crippen molar-refractivity contribution in [3.63, 3.8) is 0 Å². The van der Waals surface area contributed by atoms with Gasteiger partial charge in [0.05, 0.1) is 6.61 Å². The lowest BCUT2D eigenvalue weighted by Crippen LogP contribution is -2.36. The van der Waals surface area contributed by atoms with E-state index in [1.165, 1.54) is 38.2 Å². The van der Waals surface area contributed by atoms with E-state index in [-0.39, 0.29) is 11.4 Å². The number of hydrogen-bond donors (Lipinski definition) is 0. The summed E-state index contributed by atoms with van der Waals surface area (Å²) in [6, 6.07) is 0. The summed E-state index contributed by atoms with van der Waals surface area (Å²) in [5.41, 5.74) is 2.19. The van der Waals surface area contributed by atoms with Crippen LogP contribution in [0.4, 0.5) is 0 Å². The lowest BCUT2D eigenvalue weighted by molar-refractivity contribution is -0.146. The van der Waals surface area contributed by atoms with Crippen molar-refractivity contribution in [1.29, 1.82) is 0 Å². The Morgan fingerprint density at radius 3 is 2.89 bits per heavy atom. The molecule has 0 heterocycles. The summed E-state index contributed by atoms with van der Waals surface area (Å²) in [7, 11) is 0. The van der Waals surface area contributed by atoms with E-state index in [2.05, 4.69) is 26.8 Å². The van der Waals surface area contributed by atoms with Gasteiger partial charge in [0.2, 0.25) is 0 Å². The molecule has 19 heavy (non-hydrogen) atoms. The molecule has 0 aromatic heterocycles. The van der Waals surface area contributed by atoms with E-state index in [0.29, 0.717) is 17.9 Å². The molecular formula is C17H26O2. The van der Waals surface area contributed by atoms with Crippen molar-refractivity contribution < 1.29 is 9.53 Å². The molecule has 3 rings (SSSR count). The average molecular weight is 262 g/mol. The SMILES string of the molecule is CC(=O)OC[C@]1(C)C2C[C@]3(CC=C2C)[C@@H](C)CC[C@@H]31. The van der Waals surface area contributed by atoms with Crippen LogP contribution in [-0.4, -0.2) is 12.6 Å². The third-order valence-electron chi connectivity index (χ3n) is 6.68. The predicted octanol–water partition coefficient (Wildman–Crippen LogP) is 3.96. The number of ether oxygens (including phenoxy) is 1. The summed E-state index contributed by atoms with van der Waals surface area (Å²) in [4.78, 5) is 11.2. The zero-order valence-electron chi connectivity index (χ0n) is 12.7. The number of carbonyl (C=O) groups excluding carboxylic acids is 1. The average Bonchev–Trinajstić information content (AvgIpc) is 2.77. The fourth-order valence-corrected chi connectivity index (χ4v) is 5.58. The molecule has 0 aliphatic heterocycles. The van der Waals surface area contributed by atoms with Crippen LogP contribution in [0.1, 0.15) is 53.4 Å². The molecule has 3 aliphatic rings. The maximum absolute atomic E-state index is 11.2. The van der Waals surface area contributed by atoms with Crippen molar-refractivity contribution >= 4 is 5.97 Å². The fraction of sp³-hybridized carbons (Fsp3) is 0.824. The molecule has 2 fully saturated rings. The number of carbonyl (C=O) groups is 1. The van der Waals surface area contributed by atoms with Gasteiger partial charge in [0.1, 0.15) is 0 Å². The molecule has 0 amide bonds. The van der Waals surface area contributed by atoms with Crippen LogP contribution in [0, 0.1) is 28.6 Å². The number of hydrogen-bond acceptors (Lipinski definition) is 2. The summed E-state index contributed by atoms with van der Waals surface area (Å²) < 4.78 is 5.46. The monoisotopic (exact) mass is 262 g/mol. The number of allylic oxidation sites excluding steroid dienone is 2. The van der Waals surface area contributed by atoms with Crippen molar-refractivity contribution in [2.45, 2.75) is 53.4 Å². The lowest BCUT2D eigenvalue weighted by Gasteiger charge is -2.38. The maximum Gasteiger partial charge on any atom is 0.302 e. The summed E-state index contributed by atoms with van der Waals surface area (Å²) in [6.45, 7) is 9.21. The first kappa shape index (κ1) is 13.2. The third kappa shape index (κ3) is 1.64. The molecule has 0 saturated heterocycles. The third-order valence-corrected chi connectivity index (χ3v) is 6.68. The van der Waals surface area contributed by atoms with Gasteiger partial charge in [-0.05, 0) is 55.8 Å². The Kier molecular flexibility index (Phi) is 2.85. The Balaban J connectivity index is 1.96. The molecule has 0 aromatic carbocycles. The Morgan fingerprint density at radius 2 is 2.21 bits per heavy atom. The smallest absolute Gasteiger partial charge is 0.302 e. The molecule has 2 heteroatoms. The Labute approximate surface area is 116 Å². The molecule has 2 bridgehead atoms. The molecule has 0 aromatic rings. The van der Waals surface area contributed by atoms with Gasteiger partial charge in [-0.2, -0.15) is 0 Å². The van der Waals surface area contributed by atoms with Crippen LogP contribution in [0.2, 0.25) is 0 Å². The number of esters is 1. The molecule has 5 atom stereocenters. The highest BCUT2D eigenvalue weighted by Gasteiger charge is 2.65. The highest BCUT2D eigenvalue weighted by atomic mass is 16.5. The summed E-state index contributed by atoms with van der Waals surface area (Å²) in [6.07, 6.45) is 7.70. The summed E-state index contributed by atoms with van der Waals surface area (Å²) in [5, 5.41) is 0. The second-order valence-corrected chi connectivity index (χ2v) is 7.46. The second kappa shape index (κ2) is 4.10. The van der Waals surface area contributed by atoms with Gasteiger partial charge < -0.3 is 4.74 Å². The van der Waals surface area contributed by atoms with E-state index in [9.17, 15) is 4.79 Å². The molecule has 0 radical (unpaired) electrons. The largest absolute Gasteiger partial charge is 0.465 e. The summed E-state index contributed by atoms with van der Waals surface area (Å²) >= 11 is 0. The van der Waals surface area contributed by atoms with E-state index in [1.807, 2.05) is 0 Å². The molecule has 1 spiro atoms. The fourth-order valence-electron chi connectivity index (χ4n) is 5.58. The minimum atomic E-state index is -0.135. The van der Waals surface area contributed by atoms with Gasteiger partial charge in [0.15, 0.2) is 0 Å². The topological polar surface area (TPSA) is 26.3 Å². The van der Waals surface area contributed by atoms with Crippen LogP contribution in [0.15, 0.2) is 11.6 Å². The van der Waals surface area contributed by atoms with Gasteiger partial charge >= 0.3 is 5.97 Å². The van der Waals surface area contributed by atoms with Crippen LogP contribution in [0.25, 0.3) is 0 Å². The predicted molar refractivity (Wildman–Crippen MR) is 75.5 cm³/mol. The second-order valence-electron chi connectivity index (χ2n) is 7.46. The standard InChI is InChI=1S/C17H26O2/c1-11-7-8-17-9-14(11)16(4,10-19-13(3)18)15(17)6-5-12(17)2/h7,12,14-15H,5-6,8-10H2,1-4H3/t12-,14?,15+,16+,17+/m0/s1. The quantitative estimate of drug-likeness (QED) is 0.556. The van der Waals surface area contributed by atoms with Gasteiger partial charge in [-0.25, -0.2) is 0 Å². The zero-order chi connectivity index (χ0) is 13.8. The molecule has 2 nitrogen and oxygen atoms in total. The van der Waals surface area contributed by atoms with Crippen molar-refractivity contribution in [1.82, 2.24) is 0 Å². The first-order valence-electron chi connectivity index (χ1n) is 7.70. The van der Waals surface area contributed by atoms with E-state index < -0.39 is 0 Å². The highest BCUT2D eigenvalue weighted by molar-refractivity contribution is 5.66. The maximum atomic E-state index is 11.2. The normalized spacial score (nSPS) is 47.8. The van der Waals surface area contributed by atoms with Gasteiger partial charge in [0, 0.05) is 12.3 Å². The van der Waals surface area contributed by atoms with E-state index in [0.717, 1.165) is 11.8 Å². The van der Waals surface area contributed by atoms with Crippen LogP contribution >= 0.6 is 0 Å². The molecule has 2 saturated carbocycles. The van der Waals surface area contributed by atoms with Crippen LogP contribution in [0.5, 0.6) is 0 Å². The first-order chi connectivity index (χ1) is 8.90. The van der Waals surface area contributed by atoms with Gasteiger partial charge in [-0.3, -0.25) is 4.79 Å². The number of fused-ring (bicyclic) bond motifs is 1. The molecule has 3 aliphatic carbocycles. The summed E-state index contributed by atoms with van der Waals surface area (Å²) in [5.74, 6) is 2.04. The highest BCUT2D eigenvalue weighted by Crippen LogP contribution is 2.71. The minimum absolute atomic E-state index is 0.135. The first-order valence-corrected chi connectivity index (χ1v) is 7.70. The van der Waals surface area contributed by atoms with Crippen LogP contribution in [0.3, 0.4) is 0 Å². The molecular weight excluding hydrogens is 236 g/mol. The Bertz CT molecular complexity index is 439. The molecule has 1 unspecified atom stereocenters. The lowest BCUT2D eigenvalue weighted by atomic mass is 9.68.